The molecule has 0 aromatic heterocycles. The van der Waals surface area contributed by atoms with E-state index in [9.17, 15) is 8.78 Å². The Bertz CT molecular complexity index is 659. The van der Waals surface area contributed by atoms with Crippen molar-refractivity contribution in [1.82, 2.24) is 15.1 Å². The van der Waals surface area contributed by atoms with Crippen LogP contribution < -0.4 is 10.1 Å². The number of ether oxygens (including phenoxy) is 2. The van der Waals surface area contributed by atoms with Crippen molar-refractivity contribution < 1.29 is 18.3 Å². The van der Waals surface area contributed by atoms with Gasteiger partial charge in [0.15, 0.2) is 17.6 Å². The maximum absolute atomic E-state index is 13.2. The van der Waals surface area contributed by atoms with Gasteiger partial charge in [-0.05, 0) is 31.4 Å². The quantitative estimate of drug-likeness (QED) is 0.257. The third kappa shape index (κ3) is 7.53. The number of aliphatic imine (C=N–C) groups is 1. The highest BCUT2D eigenvalue weighted by Crippen LogP contribution is 2.18. The maximum atomic E-state index is 13.2. The van der Waals surface area contributed by atoms with E-state index in [1.54, 1.807) is 0 Å². The van der Waals surface area contributed by atoms with E-state index in [2.05, 4.69) is 27.0 Å². The first kappa shape index (κ1) is 24.1. The molecule has 0 aliphatic carbocycles. The molecule has 164 valence electrons. The molecule has 0 radical (unpaired) electrons. The lowest BCUT2D eigenvalue weighted by molar-refractivity contribution is 0.0315. The number of hydrogen-bond acceptors (Lipinski definition) is 4. The van der Waals surface area contributed by atoms with Crippen molar-refractivity contribution in [3.63, 3.8) is 0 Å². The highest BCUT2D eigenvalue weighted by Gasteiger charge is 2.27. The van der Waals surface area contributed by atoms with Gasteiger partial charge >= 0.3 is 0 Å². The molecule has 0 amide bonds. The van der Waals surface area contributed by atoms with Crippen LogP contribution in [0.15, 0.2) is 23.2 Å². The number of morpholine rings is 1. The van der Waals surface area contributed by atoms with Gasteiger partial charge in [0.05, 0.1) is 19.8 Å². The molecule has 0 saturated carbocycles. The second kappa shape index (κ2) is 12.5. The van der Waals surface area contributed by atoms with Crippen LogP contribution in [0.4, 0.5) is 8.78 Å². The third-order valence-corrected chi connectivity index (χ3v) is 5.05. The molecular formula is C20H31F2IN4O2. The number of likely N-dealkylation sites (tertiary alicyclic amines) is 1. The van der Waals surface area contributed by atoms with Gasteiger partial charge in [-0.2, -0.15) is 0 Å². The van der Waals surface area contributed by atoms with Gasteiger partial charge in [-0.15, -0.1) is 24.0 Å². The lowest BCUT2D eigenvalue weighted by Gasteiger charge is -2.29. The van der Waals surface area contributed by atoms with Gasteiger partial charge in [0.25, 0.3) is 0 Å². The summed E-state index contributed by atoms with van der Waals surface area (Å²) in [7, 11) is 0. The summed E-state index contributed by atoms with van der Waals surface area (Å²) in [5.74, 6) is 0.0605. The number of benzene rings is 1. The summed E-state index contributed by atoms with van der Waals surface area (Å²) in [5, 5.41) is 3.34. The number of guanidine groups is 1. The first-order valence-electron chi connectivity index (χ1n) is 10.1. The van der Waals surface area contributed by atoms with Crippen LogP contribution in [-0.4, -0.2) is 81.4 Å². The molecule has 1 N–H and O–H groups in total. The van der Waals surface area contributed by atoms with Gasteiger partial charge in [0, 0.05) is 45.3 Å². The van der Waals surface area contributed by atoms with E-state index < -0.39 is 11.6 Å². The van der Waals surface area contributed by atoms with Crippen LogP contribution in [-0.2, 0) is 4.74 Å². The van der Waals surface area contributed by atoms with Crippen LogP contribution in [0.3, 0.4) is 0 Å². The van der Waals surface area contributed by atoms with E-state index in [0.717, 1.165) is 77.0 Å². The van der Waals surface area contributed by atoms with Crippen LogP contribution >= 0.6 is 24.0 Å². The average molecular weight is 524 g/mol. The lowest BCUT2D eigenvalue weighted by atomic mass is 10.1. The third-order valence-electron chi connectivity index (χ3n) is 5.05. The minimum Gasteiger partial charge on any atom is -0.492 e. The summed E-state index contributed by atoms with van der Waals surface area (Å²) in [6.07, 6.45) is 1.16. The molecule has 1 aromatic rings. The van der Waals surface area contributed by atoms with Crippen LogP contribution in [0.1, 0.15) is 13.3 Å². The van der Waals surface area contributed by atoms with Crippen molar-refractivity contribution in [2.75, 3.05) is 65.6 Å². The summed E-state index contributed by atoms with van der Waals surface area (Å²) in [6.45, 7) is 10.4. The highest BCUT2D eigenvalue weighted by molar-refractivity contribution is 14.0. The first-order chi connectivity index (χ1) is 13.7. The molecule has 1 unspecified atom stereocenters. The zero-order valence-electron chi connectivity index (χ0n) is 16.9. The predicted molar refractivity (Wildman–Crippen MR) is 120 cm³/mol. The molecule has 2 aliphatic rings. The second-order valence-corrected chi connectivity index (χ2v) is 7.17. The molecule has 1 atom stereocenters. The predicted octanol–water partition coefficient (Wildman–Crippen LogP) is 2.58. The molecule has 2 heterocycles. The minimum atomic E-state index is -0.905. The van der Waals surface area contributed by atoms with Crippen LogP contribution in [0.25, 0.3) is 0 Å². The molecule has 1 aromatic carbocycles. The standard InChI is InChI=1S/C20H30F2N4O2.HI/c1-2-23-20(24-6-10-28-17-3-4-18(21)19(22)13-17)26-7-5-16(15-26)14-25-8-11-27-12-9-25;/h3-4,13,16H,2,5-12,14-15H2,1H3,(H,23,24);1H. The summed E-state index contributed by atoms with van der Waals surface area (Å²) < 4.78 is 37.1. The maximum Gasteiger partial charge on any atom is 0.194 e. The molecule has 2 saturated heterocycles. The fourth-order valence-electron chi connectivity index (χ4n) is 3.63. The monoisotopic (exact) mass is 524 g/mol. The SMILES string of the molecule is CCNC(=NCCOc1ccc(F)c(F)c1)N1CCC(CN2CCOCC2)C1.I. The average Bonchev–Trinajstić information content (AvgIpc) is 3.16. The van der Waals surface area contributed by atoms with Crippen molar-refractivity contribution >= 4 is 29.9 Å². The van der Waals surface area contributed by atoms with Gasteiger partial charge in [-0.1, -0.05) is 0 Å². The molecule has 0 spiro atoms. The summed E-state index contributed by atoms with van der Waals surface area (Å²) in [5.41, 5.74) is 0. The number of halogens is 3. The topological polar surface area (TPSA) is 49.3 Å². The fraction of sp³-hybridized carbons (Fsp3) is 0.650. The Labute approximate surface area is 188 Å². The number of hydrogen-bond donors (Lipinski definition) is 1. The molecule has 6 nitrogen and oxygen atoms in total. The zero-order chi connectivity index (χ0) is 19.8. The molecule has 3 rings (SSSR count). The zero-order valence-corrected chi connectivity index (χ0v) is 19.2. The van der Waals surface area contributed by atoms with Gasteiger partial charge in [0.2, 0.25) is 0 Å². The van der Waals surface area contributed by atoms with Crippen LogP contribution in [0.2, 0.25) is 0 Å². The Kier molecular flexibility index (Phi) is 10.4. The number of nitrogens with one attached hydrogen (secondary N) is 1. The van der Waals surface area contributed by atoms with E-state index in [0.29, 0.717) is 24.8 Å². The first-order valence-corrected chi connectivity index (χ1v) is 10.1. The normalized spacial score (nSPS) is 20.4. The molecule has 2 fully saturated rings. The Balaban J connectivity index is 0.00000300. The number of rotatable bonds is 7. The summed E-state index contributed by atoms with van der Waals surface area (Å²) >= 11 is 0. The number of nitrogens with zero attached hydrogens (tertiary/aromatic N) is 3. The van der Waals surface area contributed by atoms with Gasteiger partial charge < -0.3 is 19.7 Å². The molecule has 9 heteroatoms. The van der Waals surface area contributed by atoms with Crippen molar-refractivity contribution in [2.24, 2.45) is 10.9 Å². The van der Waals surface area contributed by atoms with E-state index in [4.69, 9.17) is 9.47 Å². The smallest absolute Gasteiger partial charge is 0.194 e. The van der Waals surface area contributed by atoms with Gasteiger partial charge in [-0.25, -0.2) is 13.8 Å². The molecule has 0 bridgehead atoms. The summed E-state index contributed by atoms with van der Waals surface area (Å²) in [6, 6.07) is 3.54. The van der Waals surface area contributed by atoms with E-state index >= 15 is 0 Å². The highest BCUT2D eigenvalue weighted by atomic mass is 127. The molecule has 29 heavy (non-hydrogen) atoms. The van der Waals surface area contributed by atoms with Crippen molar-refractivity contribution in [2.45, 2.75) is 13.3 Å². The van der Waals surface area contributed by atoms with Gasteiger partial charge in [0.1, 0.15) is 12.4 Å². The minimum absolute atomic E-state index is 0. The van der Waals surface area contributed by atoms with E-state index in [-0.39, 0.29) is 24.0 Å². The Hall–Kier alpha value is -1.20. The largest absolute Gasteiger partial charge is 0.492 e. The van der Waals surface area contributed by atoms with Crippen molar-refractivity contribution in [3.05, 3.63) is 29.8 Å². The van der Waals surface area contributed by atoms with E-state index in [1.165, 1.54) is 6.07 Å². The van der Waals surface area contributed by atoms with Crippen LogP contribution in [0, 0.1) is 17.6 Å². The Morgan fingerprint density at radius 3 is 2.76 bits per heavy atom. The van der Waals surface area contributed by atoms with Gasteiger partial charge in [-0.3, -0.25) is 4.90 Å². The molecular weight excluding hydrogens is 493 g/mol. The van der Waals surface area contributed by atoms with E-state index in [1.807, 2.05) is 0 Å². The Morgan fingerprint density at radius 1 is 1.24 bits per heavy atom. The summed E-state index contributed by atoms with van der Waals surface area (Å²) in [4.78, 5) is 9.42. The van der Waals surface area contributed by atoms with Crippen molar-refractivity contribution in [1.29, 1.82) is 0 Å². The Morgan fingerprint density at radius 2 is 2.03 bits per heavy atom. The lowest BCUT2D eigenvalue weighted by Crippen LogP contribution is -2.42. The molecule has 2 aliphatic heterocycles. The van der Waals surface area contributed by atoms with Crippen molar-refractivity contribution in [3.8, 4) is 5.75 Å². The second-order valence-electron chi connectivity index (χ2n) is 7.17. The van der Waals surface area contributed by atoms with Crippen LogP contribution in [0.5, 0.6) is 5.75 Å². The fourth-order valence-corrected chi connectivity index (χ4v) is 3.63.